The van der Waals surface area contributed by atoms with Crippen molar-refractivity contribution in [2.75, 3.05) is 11.9 Å². The van der Waals surface area contributed by atoms with E-state index in [1.807, 2.05) is 11.8 Å². The molecule has 5 heteroatoms. The van der Waals surface area contributed by atoms with Crippen molar-refractivity contribution in [1.29, 1.82) is 0 Å². The van der Waals surface area contributed by atoms with Gasteiger partial charge in [0.2, 0.25) is 0 Å². The normalized spacial score (nSPS) is 17.1. The maximum Gasteiger partial charge on any atom is 0.0653 e. The van der Waals surface area contributed by atoms with Crippen molar-refractivity contribution in [3.63, 3.8) is 0 Å². The smallest absolute Gasteiger partial charge is 0.0653 e. The molecule has 2 aromatic carbocycles. The highest BCUT2D eigenvalue weighted by atomic mass is 35.5. The zero-order valence-corrected chi connectivity index (χ0v) is 13.6. The van der Waals surface area contributed by atoms with Gasteiger partial charge >= 0.3 is 0 Å². The van der Waals surface area contributed by atoms with Gasteiger partial charge < -0.3 is 5.32 Å². The second kappa shape index (κ2) is 6.07. The van der Waals surface area contributed by atoms with E-state index in [9.17, 15) is 0 Å². The third kappa shape index (κ3) is 3.04. The summed E-state index contributed by atoms with van der Waals surface area (Å²) in [6.07, 6.45) is 1.08. The van der Waals surface area contributed by atoms with Crippen molar-refractivity contribution in [2.45, 2.75) is 16.6 Å². The van der Waals surface area contributed by atoms with E-state index in [1.54, 1.807) is 12.1 Å². The zero-order chi connectivity index (χ0) is 14.1. The summed E-state index contributed by atoms with van der Waals surface area (Å²) in [5.41, 5.74) is 2.25. The topological polar surface area (TPSA) is 12.0 Å². The Labute approximate surface area is 137 Å². The lowest BCUT2D eigenvalue weighted by Gasteiger charge is -2.13. The monoisotopic (exact) mass is 343 g/mol. The van der Waals surface area contributed by atoms with Crippen molar-refractivity contribution >= 4 is 52.3 Å². The van der Waals surface area contributed by atoms with E-state index in [4.69, 9.17) is 34.8 Å². The Bertz CT molecular complexity index is 620. The van der Waals surface area contributed by atoms with Crippen LogP contribution in [0.3, 0.4) is 0 Å². The first kappa shape index (κ1) is 14.4. The Balaban J connectivity index is 1.66. The number of benzene rings is 2. The largest absolute Gasteiger partial charge is 0.383 e. The van der Waals surface area contributed by atoms with Gasteiger partial charge in [0.25, 0.3) is 0 Å². The number of rotatable bonds is 3. The average molecular weight is 345 g/mol. The van der Waals surface area contributed by atoms with Gasteiger partial charge in [0.05, 0.1) is 20.8 Å². The van der Waals surface area contributed by atoms with E-state index in [0.717, 1.165) is 18.7 Å². The fourth-order valence-corrected chi connectivity index (χ4v) is 4.11. The number of thioether (sulfide) groups is 1. The molecule has 1 aliphatic rings. The lowest BCUT2D eigenvalue weighted by atomic mass is 10.1. The number of fused-ring (bicyclic) bond motifs is 1. The Hall–Kier alpha value is -0.540. The molecule has 1 heterocycles. The van der Waals surface area contributed by atoms with E-state index >= 15 is 0 Å². The van der Waals surface area contributed by atoms with Crippen molar-refractivity contribution in [3.05, 3.63) is 57.0 Å². The highest BCUT2D eigenvalue weighted by Gasteiger charge is 2.21. The minimum atomic E-state index is 0.477. The molecule has 0 spiro atoms. The van der Waals surface area contributed by atoms with Gasteiger partial charge in [-0.1, -0.05) is 53.0 Å². The van der Waals surface area contributed by atoms with Crippen LogP contribution in [0.1, 0.15) is 5.56 Å². The van der Waals surface area contributed by atoms with Gasteiger partial charge in [0, 0.05) is 16.7 Å². The van der Waals surface area contributed by atoms with Gasteiger partial charge in [0.15, 0.2) is 0 Å². The van der Waals surface area contributed by atoms with Crippen LogP contribution in [0.2, 0.25) is 15.1 Å². The molecule has 2 aromatic rings. The van der Waals surface area contributed by atoms with Gasteiger partial charge in [-0.15, -0.1) is 11.8 Å². The summed E-state index contributed by atoms with van der Waals surface area (Å²) < 4.78 is 0. The number of halogens is 3. The van der Waals surface area contributed by atoms with Gasteiger partial charge in [-0.05, 0) is 30.2 Å². The molecule has 1 nitrogen and oxygen atoms in total. The maximum atomic E-state index is 6.16. The van der Waals surface area contributed by atoms with Gasteiger partial charge in [-0.25, -0.2) is 0 Å². The summed E-state index contributed by atoms with van der Waals surface area (Å²) in [4.78, 5) is 1.37. The van der Waals surface area contributed by atoms with Crippen LogP contribution in [0.25, 0.3) is 0 Å². The molecule has 0 aromatic heterocycles. The molecule has 1 aliphatic heterocycles. The first-order valence-corrected chi connectivity index (χ1v) is 8.28. The molecule has 20 heavy (non-hydrogen) atoms. The molecular weight excluding hydrogens is 333 g/mol. The predicted octanol–water partition coefficient (Wildman–Crippen LogP) is 5.78. The van der Waals surface area contributed by atoms with E-state index in [1.165, 1.54) is 10.5 Å². The summed E-state index contributed by atoms with van der Waals surface area (Å²) in [5.74, 6) is 0. The lowest BCUT2D eigenvalue weighted by molar-refractivity contribution is 0.899. The summed E-state index contributed by atoms with van der Waals surface area (Å²) in [6, 6.07) is 12.0. The summed E-state index contributed by atoms with van der Waals surface area (Å²) in [5, 5.41) is 5.46. The van der Waals surface area contributed by atoms with Gasteiger partial charge in [-0.3, -0.25) is 0 Å². The molecule has 0 amide bonds. The van der Waals surface area contributed by atoms with Crippen LogP contribution in [-0.4, -0.2) is 11.8 Å². The van der Waals surface area contributed by atoms with Crippen LogP contribution >= 0.6 is 46.6 Å². The van der Waals surface area contributed by atoms with E-state index in [-0.39, 0.29) is 0 Å². The number of nitrogens with one attached hydrogen (secondary N) is 1. The second-order valence-electron chi connectivity index (χ2n) is 4.68. The molecule has 0 bridgehead atoms. The number of hydrogen-bond donors (Lipinski definition) is 1. The molecule has 0 aliphatic carbocycles. The van der Waals surface area contributed by atoms with E-state index < -0.39 is 0 Å². The van der Waals surface area contributed by atoms with Crippen molar-refractivity contribution < 1.29 is 0 Å². The summed E-state index contributed by atoms with van der Waals surface area (Å²) in [7, 11) is 0. The minimum Gasteiger partial charge on any atom is -0.383 e. The van der Waals surface area contributed by atoms with E-state index in [0.29, 0.717) is 20.3 Å². The molecule has 1 N–H and O–H groups in total. The molecule has 1 unspecified atom stereocenters. The second-order valence-corrected chi connectivity index (χ2v) is 7.24. The summed E-state index contributed by atoms with van der Waals surface area (Å²) >= 11 is 20.0. The van der Waals surface area contributed by atoms with Crippen molar-refractivity contribution in [3.8, 4) is 0 Å². The number of hydrogen-bond acceptors (Lipinski definition) is 2. The Morgan fingerprint density at radius 2 is 1.80 bits per heavy atom. The third-order valence-electron chi connectivity index (χ3n) is 3.24. The van der Waals surface area contributed by atoms with Crippen LogP contribution in [-0.2, 0) is 6.42 Å². The number of anilines is 1. The molecule has 1 atom stereocenters. The maximum absolute atomic E-state index is 6.16. The first-order chi connectivity index (χ1) is 9.63. The lowest BCUT2D eigenvalue weighted by Crippen LogP contribution is -2.16. The van der Waals surface area contributed by atoms with Gasteiger partial charge in [-0.2, -0.15) is 0 Å². The SMILES string of the molecule is Clc1cc(Cl)c(NCC2Cc3ccccc3S2)cc1Cl. The minimum absolute atomic E-state index is 0.477. The highest BCUT2D eigenvalue weighted by Crippen LogP contribution is 2.37. The Kier molecular flexibility index (Phi) is 4.37. The van der Waals surface area contributed by atoms with Crippen LogP contribution in [0.4, 0.5) is 5.69 Å². The molecule has 0 fully saturated rings. The standard InChI is InChI=1S/C15H12Cl3NS/c16-11-6-13(18)14(7-12(11)17)19-8-10-5-9-3-1-2-4-15(9)20-10/h1-4,6-7,10,19H,5,8H2. The van der Waals surface area contributed by atoms with Crippen LogP contribution in [0.5, 0.6) is 0 Å². The molecule has 0 saturated heterocycles. The zero-order valence-electron chi connectivity index (χ0n) is 10.5. The fraction of sp³-hybridized carbons (Fsp3) is 0.200. The van der Waals surface area contributed by atoms with Crippen LogP contribution in [0.15, 0.2) is 41.3 Å². The quantitative estimate of drug-likeness (QED) is 0.709. The third-order valence-corrected chi connectivity index (χ3v) is 5.60. The molecule has 3 rings (SSSR count). The Morgan fingerprint density at radius 3 is 2.60 bits per heavy atom. The predicted molar refractivity (Wildman–Crippen MR) is 89.8 cm³/mol. The van der Waals surface area contributed by atoms with Crippen LogP contribution in [0, 0.1) is 0 Å². The highest BCUT2D eigenvalue weighted by molar-refractivity contribution is 8.00. The molecular formula is C15H12Cl3NS. The molecule has 104 valence electrons. The van der Waals surface area contributed by atoms with E-state index in [2.05, 4.69) is 29.6 Å². The van der Waals surface area contributed by atoms with Crippen molar-refractivity contribution in [2.24, 2.45) is 0 Å². The fourth-order valence-electron chi connectivity index (χ4n) is 2.25. The average Bonchev–Trinajstić information content (AvgIpc) is 2.84. The van der Waals surface area contributed by atoms with Crippen LogP contribution < -0.4 is 5.32 Å². The molecule has 0 radical (unpaired) electrons. The first-order valence-electron chi connectivity index (χ1n) is 6.26. The summed E-state index contributed by atoms with van der Waals surface area (Å²) in [6.45, 7) is 0.844. The Morgan fingerprint density at radius 1 is 1.05 bits per heavy atom. The van der Waals surface area contributed by atoms with Gasteiger partial charge in [0.1, 0.15) is 0 Å². The molecule has 0 saturated carbocycles. The van der Waals surface area contributed by atoms with Crippen molar-refractivity contribution in [1.82, 2.24) is 0 Å².